The van der Waals surface area contributed by atoms with E-state index in [0.717, 1.165) is 56.0 Å². The molecule has 29 heavy (non-hydrogen) atoms. The van der Waals surface area contributed by atoms with Gasteiger partial charge in [-0.15, -0.1) is 0 Å². The minimum atomic E-state index is 0.0397. The Morgan fingerprint density at radius 2 is 1.66 bits per heavy atom. The number of amides is 1. The number of methoxy groups -OCH3 is 2. The summed E-state index contributed by atoms with van der Waals surface area (Å²) in [7, 11) is 5.41. The van der Waals surface area contributed by atoms with Gasteiger partial charge in [0, 0.05) is 44.0 Å². The second kappa shape index (κ2) is 10.2. The van der Waals surface area contributed by atoms with E-state index in [1.807, 2.05) is 30.3 Å². The van der Waals surface area contributed by atoms with Crippen LogP contribution in [0.1, 0.15) is 18.4 Å². The molecule has 6 heteroatoms. The highest BCUT2D eigenvalue weighted by Gasteiger charge is 2.14. The molecule has 2 aromatic carbocycles. The number of likely N-dealkylation sites (N-methyl/N-ethyl adjacent to an activating group) is 1. The van der Waals surface area contributed by atoms with Crippen molar-refractivity contribution in [1.29, 1.82) is 0 Å². The van der Waals surface area contributed by atoms with Crippen molar-refractivity contribution < 1.29 is 14.3 Å². The number of carbonyl (C=O) groups excluding carboxylic acids is 1. The Kier molecular flexibility index (Phi) is 7.36. The second-order valence-electron chi connectivity index (χ2n) is 7.43. The molecule has 0 saturated carbocycles. The average molecular weight is 398 g/mol. The minimum absolute atomic E-state index is 0.0397. The fraction of sp³-hybridized carbons (Fsp3) is 0.435. The van der Waals surface area contributed by atoms with E-state index in [1.54, 1.807) is 14.2 Å². The van der Waals surface area contributed by atoms with Crippen LogP contribution in [-0.4, -0.2) is 58.3 Å². The number of piperazine rings is 1. The molecule has 1 aliphatic heterocycles. The van der Waals surface area contributed by atoms with Gasteiger partial charge in [-0.05, 0) is 61.9 Å². The van der Waals surface area contributed by atoms with Crippen LogP contribution >= 0.6 is 0 Å². The maximum Gasteiger partial charge on any atom is 0.224 e. The van der Waals surface area contributed by atoms with E-state index in [9.17, 15) is 4.79 Å². The van der Waals surface area contributed by atoms with Crippen LogP contribution in [0.4, 0.5) is 11.4 Å². The molecule has 2 aromatic rings. The van der Waals surface area contributed by atoms with Crippen LogP contribution in [0.25, 0.3) is 0 Å². The normalized spacial score (nSPS) is 14.5. The van der Waals surface area contributed by atoms with E-state index in [0.29, 0.717) is 12.2 Å². The molecule has 1 amide bonds. The number of carbonyl (C=O) groups is 1. The van der Waals surface area contributed by atoms with Crippen molar-refractivity contribution in [1.82, 2.24) is 4.90 Å². The third-order valence-corrected chi connectivity index (χ3v) is 5.34. The number of hydrogen-bond donors (Lipinski definition) is 1. The molecule has 1 aliphatic rings. The standard InChI is InChI=1S/C23H31N3O3/c1-25-13-15-26(16-14-25)20-10-8-19(9-11-20)24-23(27)6-4-5-18-7-12-21(28-2)22(17-18)29-3/h7-12,17H,4-6,13-16H2,1-3H3,(H,24,27). The van der Waals surface area contributed by atoms with Crippen molar-refractivity contribution >= 4 is 17.3 Å². The first-order valence-corrected chi connectivity index (χ1v) is 10.1. The summed E-state index contributed by atoms with van der Waals surface area (Å²) < 4.78 is 10.6. The molecule has 156 valence electrons. The number of aryl methyl sites for hydroxylation is 1. The highest BCUT2D eigenvalue weighted by Crippen LogP contribution is 2.28. The van der Waals surface area contributed by atoms with Crippen molar-refractivity contribution in [2.45, 2.75) is 19.3 Å². The number of anilines is 2. The molecular formula is C23H31N3O3. The maximum atomic E-state index is 12.3. The second-order valence-corrected chi connectivity index (χ2v) is 7.43. The Labute approximate surface area is 173 Å². The maximum absolute atomic E-state index is 12.3. The van der Waals surface area contributed by atoms with Gasteiger partial charge in [0.1, 0.15) is 0 Å². The minimum Gasteiger partial charge on any atom is -0.493 e. The van der Waals surface area contributed by atoms with Crippen LogP contribution < -0.4 is 19.7 Å². The Balaban J connectivity index is 1.45. The van der Waals surface area contributed by atoms with E-state index >= 15 is 0 Å². The SMILES string of the molecule is COc1ccc(CCCC(=O)Nc2ccc(N3CCN(C)CC3)cc2)cc1OC. The fourth-order valence-electron chi connectivity index (χ4n) is 3.53. The van der Waals surface area contributed by atoms with Gasteiger partial charge in [-0.1, -0.05) is 6.07 Å². The van der Waals surface area contributed by atoms with Crippen LogP contribution in [0, 0.1) is 0 Å². The van der Waals surface area contributed by atoms with Crippen LogP contribution in [0.2, 0.25) is 0 Å². The van der Waals surface area contributed by atoms with Gasteiger partial charge >= 0.3 is 0 Å². The highest BCUT2D eigenvalue weighted by atomic mass is 16.5. The molecule has 3 rings (SSSR count). The molecule has 0 aliphatic carbocycles. The lowest BCUT2D eigenvalue weighted by Crippen LogP contribution is -2.44. The summed E-state index contributed by atoms with van der Waals surface area (Å²) in [5, 5.41) is 3.00. The number of ether oxygens (including phenoxy) is 2. The Morgan fingerprint density at radius 3 is 2.31 bits per heavy atom. The zero-order valence-corrected chi connectivity index (χ0v) is 17.6. The molecular weight excluding hydrogens is 366 g/mol. The quantitative estimate of drug-likeness (QED) is 0.740. The summed E-state index contributed by atoms with van der Waals surface area (Å²) in [6, 6.07) is 14.0. The van der Waals surface area contributed by atoms with Gasteiger partial charge in [-0.2, -0.15) is 0 Å². The van der Waals surface area contributed by atoms with Crippen LogP contribution in [0.3, 0.4) is 0 Å². The van der Waals surface area contributed by atoms with Crippen molar-refractivity contribution in [3.8, 4) is 11.5 Å². The molecule has 0 atom stereocenters. The first-order chi connectivity index (χ1) is 14.1. The van der Waals surface area contributed by atoms with Gasteiger partial charge in [0.2, 0.25) is 5.91 Å². The first kappa shape index (κ1) is 21.0. The zero-order chi connectivity index (χ0) is 20.6. The predicted octanol–water partition coefficient (Wildman–Crippen LogP) is 3.42. The number of hydrogen-bond acceptors (Lipinski definition) is 5. The zero-order valence-electron chi connectivity index (χ0n) is 17.6. The molecule has 0 unspecified atom stereocenters. The third-order valence-electron chi connectivity index (χ3n) is 5.34. The predicted molar refractivity (Wildman–Crippen MR) is 117 cm³/mol. The smallest absolute Gasteiger partial charge is 0.224 e. The Bertz CT molecular complexity index is 800. The van der Waals surface area contributed by atoms with Crippen molar-refractivity contribution in [3.05, 3.63) is 48.0 Å². The lowest BCUT2D eigenvalue weighted by atomic mass is 10.1. The van der Waals surface area contributed by atoms with Gasteiger partial charge in [0.05, 0.1) is 14.2 Å². The average Bonchev–Trinajstić information content (AvgIpc) is 2.75. The number of nitrogens with one attached hydrogen (secondary N) is 1. The lowest BCUT2D eigenvalue weighted by Gasteiger charge is -2.34. The molecule has 0 radical (unpaired) electrons. The fourth-order valence-corrected chi connectivity index (χ4v) is 3.53. The molecule has 0 bridgehead atoms. The van der Waals surface area contributed by atoms with E-state index in [4.69, 9.17) is 9.47 Å². The summed E-state index contributed by atoms with van der Waals surface area (Å²) in [6.45, 7) is 4.24. The van der Waals surface area contributed by atoms with Crippen molar-refractivity contribution in [2.75, 3.05) is 57.7 Å². The third kappa shape index (κ3) is 5.87. The largest absolute Gasteiger partial charge is 0.493 e. The van der Waals surface area contributed by atoms with Gasteiger partial charge in [-0.25, -0.2) is 0 Å². The summed E-state index contributed by atoms with van der Waals surface area (Å²) in [6.07, 6.45) is 2.07. The summed E-state index contributed by atoms with van der Waals surface area (Å²) in [5.41, 5.74) is 3.19. The van der Waals surface area contributed by atoms with E-state index in [-0.39, 0.29) is 5.91 Å². The van der Waals surface area contributed by atoms with Crippen LogP contribution in [-0.2, 0) is 11.2 Å². The topological polar surface area (TPSA) is 54.0 Å². The van der Waals surface area contributed by atoms with Gasteiger partial charge in [0.15, 0.2) is 11.5 Å². The number of nitrogens with zero attached hydrogens (tertiary/aromatic N) is 2. The summed E-state index contributed by atoms with van der Waals surface area (Å²) in [5.74, 6) is 1.47. The monoisotopic (exact) mass is 397 g/mol. The van der Waals surface area contributed by atoms with E-state index in [1.165, 1.54) is 5.69 Å². The van der Waals surface area contributed by atoms with Gasteiger partial charge < -0.3 is 24.6 Å². The van der Waals surface area contributed by atoms with Crippen molar-refractivity contribution in [2.24, 2.45) is 0 Å². The van der Waals surface area contributed by atoms with Gasteiger partial charge in [-0.3, -0.25) is 4.79 Å². The first-order valence-electron chi connectivity index (χ1n) is 10.1. The van der Waals surface area contributed by atoms with Gasteiger partial charge in [0.25, 0.3) is 0 Å². The van der Waals surface area contributed by atoms with Crippen LogP contribution in [0.15, 0.2) is 42.5 Å². The molecule has 1 heterocycles. The molecule has 6 nitrogen and oxygen atoms in total. The summed E-state index contributed by atoms with van der Waals surface area (Å²) >= 11 is 0. The molecule has 1 N–H and O–H groups in total. The van der Waals surface area contributed by atoms with E-state index in [2.05, 4.69) is 34.3 Å². The molecule has 0 aromatic heterocycles. The van der Waals surface area contributed by atoms with Crippen molar-refractivity contribution in [3.63, 3.8) is 0 Å². The Hall–Kier alpha value is -2.73. The molecule has 1 saturated heterocycles. The highest BCUT2D eigenvalue weighted by molar-refractivity contribution is 5.90. The lowest BCUT2D eigenvalue weighted by molar-refractivity contribution is -0.116. The summed E-state index contributed by atoms with van der Waals surface area (Å²) in [4.78, 5) is 17.0. The molecule has 1 fully saturated rings. The number of benzene rings is 2. The number of rotatable bonds is 8. The molecule has 0 spiro atoms. The Morgan fingerprint density at radius 1 is 0.966 bits per heavy atom. The van der Waals surface area contributed by atoms with E-state index < -0.39 is 0 Å². The van der Waals surface area contributed by atoms with Crippen LogP contribution in [0.5, 0.6) is 11.5 Å².